The molecule has 0 radical (unpaired) electrons. The van der Waals surface area contributed by atoms with Gasteiger partial charge in [0, 0.05) is 33.7 Å². The van der Waals surface area contributed by atoms with Gasteiger partial charge in [-0.3, -0.25) is 13.9 Å². The van der Waals surface area contributed by atoms with Crippen LogP contribution in [0.25, 0.3) is 0 Å². The van der Waals surface area contributed by atoms with Crippen molar-refractivity contribution in [1.29, 1.82) is 0 Å². The van der Waals surface area contributed by atoms with Gasteiger partial charge in [-0.25, -0.2) is 8.42 Å². The van der Waals surface area contributed by atoms with E-state index in [9.17, 15) is 18.0 Å². The van der Waals surface area contributed by atoms with E-state index in [0.29, 0.717) is 39.3 Å². The highest BCUT2D eigenvalue weighted by Gasteiger charge is 2.34. The Hall–Kier alpha value is -2.78. The first-order chi connectivity index (χ1) is 19.1. The van der Waals surface area contributed by atoms with E-state index in [1.54, 1.807) is 55.5 Å². The van der Waals surface area contributed by atoms with Crippen LogP contribution in [0.1, 0.15) is 38.7 Å². The third-order valence-corrected chi connectivity index (χ3v) is 9.08. The number of anilines is 1. The Balaban J connectivity index is 2.05. The number of hydrogen-bond donors (Lipinski definition) is 1. The van der Waals surface area contributed by atoms with Gasteiger partial charge in [0.25, 0.3) is 10.0 Å². The molecule has 3 aromatic rings. The van der Waals surface area contributed by atoms with E-state index >= 15 is 0 Å². The Morgan fingerprint density at radius 3 is 2.08 bits per heavy atom. The lowest BCUT2D eigenvalue weighted by Gasteiger charge is -2.33. The lowest BCUT2D eigenvalue weighted by Crippen LogP contribution is -2.52. The van der Waals surface area contributed by atoms with Crippen molar-refractivity contribution in [3.63, 3.8) is 0 Å². The van der Waals surface area contributed by atoms with Crippen LogP contribution >= 0.6 is 34.8 Å². The number of nitrogens with one attached hydrogen (secondary N) is 1. The van der Waals surface area contributed by atoms with E-state index in [2.05, 4.69) is 5.32 Å². The van der Waals surface area contributed by atoms with E-state index < -0.39 is 28.5 Å². The fourth-order valence-electron chi connectivity index (χ4n) is 4.14. The summed E-state index contributed by atoms with van der Waals surface area (Å²) in [5, 5.41) is 3.93. The van der Waals surface area contributed by atoms with Crippen LogP contribution in [0.15, 0.2) is 77.7 Å². The number of amides is 2. The predicted molar refractivity (Wildman–Crippen MR) is 161 cm³/mol. The second kappa shape index (κ2) is 14.7. The summed E-state index contributed by atoms with van der Waals surface area (Å²) in [6, 6.07) is 18.1. The molecule has 0 aliphatic heterocycles. The molecule has 0 bridgehead atoms. The molecular formula is C29H32Cl3N3O4S. The zero-order valence-corrected chi connectivity index (χ0v) is 25.4. The van der Waals surface area contributed by atoms with Crippen molar-refractivity contribution in [2.75, 3.05) is 17.4 Å². The molecule has 40 heavy (non-hydrogen) atoms. The number of rotatable bonds is 13. The van der Waals surface area contributed by atoms with Crippen LogP contribution in [0, 0.1) is 0 Å². The number of para-hydroxylation sites is 1. The molecular weight excluding hydrogens is 593 g/mol. The number of carbonyl (C=O) groups is 2. The van der Waals surface area contributed by atoms with Crippen molar-refractivity contribution in [1.82, 2.24) is 10.2 Å². The first-order valence-corrected chi connectivity index (χ1v) is 15.5. The van der Waals surface area contributed by atoms with Gasteiger partial charge in [0.05, 0.1) is 10.6 Å². The number of hydrogen-bond acceptors (Lipinski definition) is 4. The molecule has 0 aromatic heterocycles. The van der Waals surface area contributed by atoms with Crippen LogP contribution in [-0.4, -0.2) is 44.3 Å². The van der Waals surface area contributed by atoms with Crippen LogP contribution in [0.3, 0.4) is 0 Å². The van der Waals surface area contributed by atoms with Crippen molar-refractivity contribution in [3.8, 4) is 0 Å². The van der Waals surface area contributed by atoms with Crippen LogP contribution in [0.4, 0.5) is 5.69 Å². The monoisotopic (exact) mass is 623 g/mol. The molecule has 0 spiro atoms. The molecule has 0 aliphatic rings. The van der Waals surface area contributed by atoms with Crippen LogP contribution in [0.2, 0.25) is 15.1 Å². The van der Waals surface area contributed by atoms with Gasteiger partial charge in [0.15, 0.2) is 0 Å². The standard InChI is InChI=1S/C29H32Cl3N3O4S/c1-3-5-18-33-29(37)27(4-2)34(19-24-25(31)12-9-13-26(24)32)28(36)20-35(22-10-7-6-8-11-22)40(38,39)23-16-14-21(30)15-17-23/h6-17,27H,3-5,18-20H2,1-2H3,(H,33,37)/t27-/m1/s1. The molecule has 0 saturated heterocycles. The Bertz CT molecular complexity index is 1380. The van der Waals surface area contributed by atoms with Gasteiger partial charge in [0.2, 0.25) is 11.8 Å². The summed E-state index contributed by atoms with van der Waals surface area (Å²) in [5.41, 5.74) is 0.757. The molecule has 0 unspecified atom stereocenters. The molecule has 3 aromatic carbocycles. The number of nitrogens with zero attached hydrogens (tertiary/aromatic N) is 2. The first kappa shape index (κ1) is 31.7. The van der Waals surface area contributed by atoms with E-state index in [-0.39, 0.29) is 17.3 Å². The molecule has 11 heteroatoms. The Morgan fingerprint density at radius 1 is 0.875 bits per heavy atom. The first-order valence-electron chi connectivity index (χ1n) is 12.9. The minimum Gasteiger partial charge on any atom is -0.354 e. The van der Waals surface area contributed by atoms with Crippen LogP contribution in [0.5, 0.6) is 0 Å². The smallest absolute Gasteiger partial charge is 0.264 e. The maximum absolute atomic E-state index is 14.1. The zero-order chi connectivity index (χ0) is 29.3. The number of halogens is 3. The van der Waals surface area contributed by atoms with Crippen LogP contribution < -0.4 is 9.62 Å². The van der Waals surface area contributed by atoms with Crippen molar-refractivity contribution >= 4 is 62.3 Å². The van der Waals surface area contributed by atoms with E-state index in [4.69, 9.17) is 34.8 Å². The molecule has 1 atom stereocenters. The summed E-state index contributed by atoms with van der Waals surface area (Å²) in [4.78, 5) is 28.6. The minimum atomic E-state index is -4.18. The zero-order valence-electron chi connectivity index (χ0n) is 22.3. The van der Waals surface area contributed by atoms with Gasteiger partial charge in [-0.1, -0.05) is 79.3 Å². The van der Waals surface area contributed by atoms with Crippen LogP contribution in [-0.2, 0) is 26.2 Å². The highest BCUT2D eigenvalue weighted by Crippen LogP contribution is 2.29. The molecule has 0 fully saturated rings. The Kier molecular flexibility index (Phi) is 11.7. The van der Waals surface area contributed by atoms with Crippen molar-refractivity contribution in [2.24, 2.45) is 0 Å². The minimum absolute atomic E-state index is 0.0291. The lowest BCUT2D eigenvalue weighted by molar-refractivity contribution is -0.140. The quantitative estimate of drug-likeness (QED) is 0.218. The van der Waals surface area contributed by atoms with Gasteiger partial charge in [0.1, 0.15) is 12.6 Å². The largest absolute Gasteiger partial charge is 0.354 e. The molecule has 214 valence electrons. The van der Waals surface area contributed by atoms with Gasteiger partial charge in [-0.15, -0.1) is 0 Å². The summed E-state index contributed by atoms with van der Waals surface area (Å²) in [5.74, 6) is -0.922. The van der Waals surface area contributed by atoms with Crippen molar-refractivity contribution < 1.29 is 18.0 Å². The highest BCUT2D eigenvalue weighted by atomic mass is 35.5. The second-order valence-corrected chi connectivity index (χ2v) is 12.2. The lowest BCUT2D eigenvalue weighted by atomic mass is 10.1. The van der Waals surface area contributed by atoms with Gasteiger partial charge in [-0.05, 0) is 61.4 Å². The summed E-state index contributed by atoms with van der Waals surface area (Å²) >= 11 is 18.9. The number of benzene rings is 3. The fraction of sp³-hybridized carbons (Fsp3) is 0.310. The molecule has 0 saturated carbocycles. The Morgan fingerprint density at radius 2 is 1.50 bits per heavy atom. The summed E-state index contributed by atoms with van der Waals surface area (Å²) in [7, 11) is -4.18. The maximum atomic E-state index is 14.1. The molecule has 0 aliphatic carbocycles. The van der Waals surface area contributed by atoms with Gasteiger partial charge in [-0.2, -0.15) is 0 Å². The average Bonchev–Trinajstić information content (AvgIpc) is 2.93. The molecule has 7 nitrogen and oxygen atoms in total. The number of unbranched alkanes of at least 4 members (excludes halogenated alkanes) is 1. The second-order valence-electron chi connectivity index (χ2n) is 9.09. The summed E-state index contributed by atoms with van der Waals surface area (Å²) < 4.78 is 28.6. The van der Waals surface area contributed by atoms with Crippen molar-refractivity contribution in [3.05, 3.63) is 93.4 Å². The third-order valence-electron chi connectivity index (χ3n) is 6.33. The molecule has 1 N–H and O–H groups in total. The van der Waals surface area contributed by atoms with Gasteiger partial charge < -0.3 is 10.2 Å². The molecule has 0 heterocycles. The molecule has 3 rings (SSSR count). The van der Waals surface area contributed by atoms with E-state index in [1.807, 2.05) is 6.92 Å². The Labute approximate surface area is 251 Å². The SMILES string of the molecule is CCCCNC(=O)[C@@H](CC)N(Cc1c(Cl)cccc1Cl)C(=O)CN(c1ccccc1)S(=O)(=O)c1ccc(Cl)cc1. The van der Waals surface area contributed by atoms with E-state index in [0.717, 1.165) is 17.1 Å². The van der Waals surface area contributed by atoms with Crippen molar-refractivity contribution in [2.45, 2.75) is 50.6 Å². The summed E-state index contributed by atoms with van der Waals surface area (Å²) in [6.45, 7) is 3.62. The molecule has 2 amide bonds. The predicted octanol–water partition coefficient (Wildman–Crippen LogP) is 6.57. The number of carbonyl (C=O) groups excluding carboxylic acids is 2. The summed E-state index contributed by atoms with van der Waals surface area (Å²) in [6.07, 6.45) is 1.97. The van der Waals surface area contributed by atoms with Gasteiger partial charge >= 0.3 is 0 Å². The highest BCUT2D eigenvalue weighted by molar-refractivity contribution is 7.92. The maximum Gasteiger partial charge on any atom is 0.264 e. The average molecular weight is 625 g/mol. The van der Waals surface area contributed by atoms with E-state index in [1.165, 1.54) is 29.2 Å². The topological polar surface area (TPSA) is 86.8 Å². The third kappa shape index (κ3) is 7.91. The number of sulfonamides is 1. The fourth-order valence-corrected chi connectivity index (χ4v) is 6.19. The normalized spacial score (nSPS) is 12.0.